The molecule has 0 atom stereocenters. The number of terminal acetylenes is 1. The Balaban J connectivity index is 2.49. The van der Waals surface area contributed by atoms with E-state index in [0.717, 1.165) is 0 Å². The van der Waals surface area contributed by atoms with Crippen LogP contribution in [-0.4, -0.2) is 19.5 Å². The number of hydrogen-bond acceptors (Lipinski definition) is 2. The SMILES string of the molecule is C#CCC(C)(C)C1OCCO1. The highest BCUT2D eigenvalue weighted by atomic mass is 16.7. The molecule has 0 aromatic heterocycles. The Hall–Kier alpha value is -0.520. The molecule has 1 saturated heterocycles. The zero-order chi connectivity index (χ0) is 8.32. The van der Waals surface area contributed by atoms with E-state index in [-0.39, 0.29) is 11.7 Å². The highest BCUT2D eigenvalue weighted by molar-refractivity contribution is 4.92. The molecule has 0 radical (unpaired) electrons. The maximum Gasteiger partial charge on any atom is 0.163 e. The van der Waals surface area contributed by atoms with Gasteiger partial charge in [0.15, 0.2) is 6.29 Å². The molecule has 1 aliphatic rings. The van der Waals surface area contributed by atoms with Crippen molar-refractivity contribution in [3.63, 3.8) is 0 Å². The molecule has 0 spiro atoms. The number of rotatable bonds is 2. The van der Waals surface area contributed by atoms with Crippen LogP contribution in [0.25, 0.3) is 0 Å². The van der Waals surface area contributed by atoms with Gasteiger partial charge < -0.3 is 9.47 Å². The predicted molar refractivity (Wildman–Crippen MR) is 42.9 cm³/mol. The first-order chi connectivity index (χ1) is 5.17. The molecule has 0 bridgehead atoms. The lowest BCUT2D eigenvalue weighted by Crippen LogP contribution is -2.29. The largest absolute Gasteiger partial charge is 0.350 e. The molecule has 1 fully saturated rings. The molecule has 0 aromatic carbocycles. The first-order valence-electron chi connectivity index (χ1n) is 3.83. The lowest BCUT2D eigenvalue weighted by Gasteiger charge is -2.27. The van der Waals surface area contributed by atoms with Crippen LogP contribution in [0.3, 0.4) is 0 Å². The van der Waals surface area contributed by atoms with Gasteiger partial charge in [0.1, 0.15) is 0 Å². The maximum absolute atomic E-state index is 5.35. The second-order valence-corrected chi connectivity index (χ2v) is 3.44. The van der Waals surface area contributed by atoms with Crippen LogP contribution in [0.15, 0.2) is 0 Å². The van der Waals surface area contributed by atoms with Gasteiger partial charge in [0.2, 0.25) is 0 Å². The van der Waals surface area contributed by atoms with Crippen molar-refractivity contribution in [2.24, 2.45) is 5.41 Å². The van der Waals surface area contributed by atoms with Gasteiger partial charge in [-0.05, 0) is 0 Å². The van der Waals surface area contributed by atoms with Crippen molar-refractivity contribution in [3.05, 3.63) is 0 Å². The molecular formula is C9H14O2. The van der Waals surface area contributed by atoms with Crippen molar-refractivity contribution in [1.29, 1.82) is 0 Å². The fourth-order valence-electron chi connectivity index (χ4n) is 1.16. The van der Waals surface area contributed by atoms with Gasteiger partial charge >= 0.3 is 0 Å². The van der Waals surface area contributed by atoms with Gasteiger partial charge in [-0.1, -0.05) is 13.8 Å². The van der Waals surface area contributed by atoms with Gasteiger partial charge in [0, 0.05) is 11.8 Å². The van der Waals surface area contributed by atoms with Crippen molar-refractivity contribution in [3.8, 4) is 12.3 Å². The lowest BCUT2D eigenvalue weighted by atomic mass is 9.89. The standard InChI is InChI=1S/C9H14O2/c1-4-5-9(2,3)8-10-6-7-11-8/h1,8H,5-7H2,2-3H3. The second-order valence-electron chi connectivity index (χ2n) is 3.44. The topological polar surface area (TPSA) is 18.5 Å². The van der Waals surface area contributed by atoms with E-state index in [2.05, 4.69) is 19.8 Å². The third-order valence-corrected chi connectivity index (χ3v) is 1.82. The van der Waals surface area contributed by atoms with Gasteiger partial charge in [-0.25, -0.2) is 0 Å². The van der Waals surface area contributed by atoms with E-state index < -0.39 is 0 Å². The second kappa shape index (κ2) is 3.25. The summed E-state index contributed by atoms with van der Waals surface area (Å²) in [7, 11) is 0. The van der Waals surface area contributed by atoms with E-state index in [1.807, 2.05) is 0 Å². The van der Waals surface area contributed by atoms with E-state index in [0.29, 0.717) is 19.6 Å². The molecular weight excluding hydrogens is 140 g/mol. The minimum Gasteiger partial charge on any atom is -0.350 e. The molecule has 0 aliphatic carbocycles. The summed E-state index contributed by atoms with van der Waals surface area (Å²) in [5, 5.41) is 0. The molecule has 0 N–H and O–H groups in total. The van der Waals surface area contributed by atoms with Gasteiger partial charge in [0.05, 0.1) is 13.2 Å². The van der Waals surface area contributed by atoms with E-state index in [9.17, 15) is 0 Å². The average molecular weight is 154 g/mol. The fraction of sp³-hybridized carbons (Fsp3) is 0.778. The van der Waals surface area contributed by atoms with Crippen LogP contribution in [0.1, 0.15) is 20.3 Å². The molecule has 2 nitrogen and oxygen atoms in total. The van der Waals surface area contributed by atoms with Crippen LogP contribution < -0.4 is 0 Å². The van der Waals surface area contributed by atoms with Crippen molar-refractivity contribution in [1.82, 2.24) is 0 Å². The summed E-state index contributed by atoms with van der Waals surface area (Å²) in [6.45, 7) is 5.50. The summed E-state index contributed by atoms with van der Waals surface area (Å²) in [6.07, 6.45) is 5.80. The highest BCUT2D eigenvalue weighted by Crippen LogP contribution is 2.30. The molecule has 1 rings (SSSR count). The Bertz CT molecular complexity index is 161. The van der Waals surface area contributed by atoms with Crippen molar-refractivity contribution >= 4 is 0 Å². The molecule has 2 heteroatoms. The van der Waals surface area contributed by atoms with Crippen LogP contribution >= 0.6 is 0 Å². The van der Waals surface area contributed by atoms with E-state index in [1.165, 1.54) is 0 Å². The fourth-order valence-corrected chi connectivity index (χ4v) is 1.16. The zero-order valence-electron chi connectivity index (χ0n) is 7.09. The Morgan fingerprint density at radius 3 is 2.45 bits per heavy atom. The first kappa shape index (κ1) is 8.58. The molecule has 0 amide bonds. The average Bonchev–Trinajstić information content (AvgIpc) is 2.37. The Morgan fingerprint density at radius 1 is 1.45 bits per heavy atom. The normalized spacial score (nSPS) is 20.1. The molecule has 0 aromatic rings. The third kappa shape index (κ3) is 1.95. The van der Waals surface area contributed by atoms with E-state index >= 15 is 0 Å². The molecule has 1 heterocycles. The number of ether oxygens (including phenoxy) is 2. The maximum atomic E-state index is 5.35. The summed E-state index contributed by atoms with van der Waals surface area (Å²) in [5.41, 5.74) is -0.0503. The lowest BCUT2D eigenvalue weighted by molar-refractivity contribution is -0.117. The summed E-state index contributed by atoms with van der Waals surface area (Å²) in [6, 6.07) is 0. The first-order valence-corrected chi connectivity index (χ1v) is 3.83. The Morgan fingerprint density at radius 2 is 2.00 bits per heavy atom. The van der Waals surface area contributed by atoms with Crippen molar-refractivity contribution in [2.45, 2.75) is 26.6 Å². The summed E-state index contributed by atoms with van der Waals surface area (Å²) >= 11 is 0. The van der Waals surface area contributed by atoms with E-state index in [1.54, 1.807) is 0 Å². The molecule has 11 heavy (non-hydrogen) atoms. The predicted octanol–water partition coefficient (Wildman–Crippen LogP) is 1.41. The zero-order valence-corrected chi connectivity index (χ0v) is 7.09. The monoisotopic (exact) mass is 154 g/mol. The highest BCUT2D eigenvalue weighted by Gasteiger charge is 2.33. The van der Waals surface area contributed by atoms with E-state index in [4.69, 9.17) is 15.9 Å². The minimum absolute atomic E-state index is 0.0503. The van der Waals surface area contributed by atoms with Crippen molar-refractivity contribution < 1.29 is 9.47 Å². The minimum atomic E-state index is -0.112. The molecule has 1 aliphatic heterocycles. The third-order valence-electron chi connectivity index (χ3n) is 1.82. The van der Waals surface area contributed by atoms with Crippen LogP contribution in [-0.2, 0) is 9.47 Å². The van der Waals surface area contributed by atoms with Crippen molar-refractivity contribution in [2.75, 3.05) is 13.2 Å². The van der Waals surface area contributed by atoms with Gasteiger partial charge in [-0.2, -0.15) is 0 Å². The molecule has 0 unspecified atom stereocenters. The van der Waals surface area contributed by atoms with Gasteiger partial charge in [-0.3, -0.25) is 0 Å². The van der Waals surface area contributed by atoms with Gasteiger partial charge in [-0.15, -0.1) is 12.3 Å². The van der Waals surface area contributed by atoms with Crippen LogP contribution in [0.4, 0.5) is 0 Å². The number of hydrogen-bond donors (Lipinski definition) is 0. The Labute approximate surface area is 67.9 Å². The van der Waals surface area contributed by atoms with Gasteiger partial charge in [0.25, 0.3) is 0 Å². The van der Waals surface area contributed by atoms with Crippen LogP contribution in [0, 0.1) is 17.8 Å². The summed E-state index contributed by atoms with van der Waals surface area (Å²) in [5.74, 6) is 2.62. The summed E-state index contributed by atoms with van der Waals surface area (Å²) < 4.78 is 10.7. The molecule has 62 valence electrons. The van der Waals surface area contributed by atoms with Crippen LogP contribution in [0.5, 0.6) is 0 Å². The Kier molecular flexibility index (Phi) is 2.53. The van der Waals surface area contributed by atoms with Crippen LogP contribution in [0.2, 0.25) is 0 Å². The molecule has 0 saturated carbocycles. The summed E-state index contributed by atoms with van der Waals surface area (Å²) in [4.78, 5) is 0. The smallest absolute Gasteiger partial charge is 0.163 e. The quantitative estimate of drug-likeness (QED) is 0.560.